The van der Waals surface area contributed by atoms with Crippen LogP contribution >= 0.6 is 0 Å². The van der Waals surface area contributed by atoms with E-state index in [4.69, 9.17) is 4.42 Å². The number of hydrogen-bond acceptors (Lipinski definition) is 6. The number of carbonyl (C=O) groups excluding carboxylic acids is 4. The zero-order valence-corrected chi connectivity index (χ0v) is 24.2. The maximum atomic E-state index is 14.4. The molecule has 1 N–H and O–H groups in total. The number of alkyl halides is 3. The number of hydrogen-bond donors (Lipinski definition) is 1. The molecule has 2 aromatic carbocycles. The quantitative estimate of drug-likeness (QED) is 0.344. The van der Waals surface area contributed by atoms with E-state index in [1.54, 1.807) is 26.0 Å². The minimum Gasteiger partial charge on any atom is -0.408 e. The predicted octanol–water partition coefficient (Wildman–Crippen LogP) is 3.50. The number of halogens is 4. The van der Waals surface area contributed by atoms with Gasteiger partial charge in [0.15, 0.2) is 5.58 Å². The summed E-state index contributed by atoms with van der Waals surface area (Å²) in [5.74, 6) is -4.51. The second-order valence-corrected chi connectivity index (χ2v) is 11.3. The summed E-state index contributed by atoms with van der Waals surface area (Å²) in [6, 6.07) is 4.31. The molecule has 2 aliphatic rings. The Bertz CT molecular complexity index is 1740. The van der Waals surface area contributed by atoms with Crippen molar-refractivity contribution in [3.63, 3.8) is 0 Å². The molecule has 0 saturated carbocycles. The van der Waals surface area contributed by atoms with Crippen LogP contribution in [0.25, 0.3) is 11.1 Å². The highest BCUT2D eigenvalue weighted by Gasteiger charge is 2.58. The van der Waals surface area contributed by atoms with Gasteiger partial charge in [-0.25, -0.2) is 14.0 Å². The lowest BCUT2D eigenvalue weighted by molar-refractivity contribution is -0.139. The number of fused-ring (bicyclic) bond motifs is 1. The third-order valence-corrected chi connectivity index (χ3v) is 8.30. The molecule has 3 aromatic rings. The first-order valence-electron chi connectivity index (χ1n) is 13.7. The average molecular weight is 620 g/mol. The van der Waals surface area contributed by atoms with Crippen molar-refractivity contribution in [1.82, 2.24) is 19.7 Å². The maximum Gasteiger partial charge on any atom is 0.419 e. The Kier molecular flexibility index (Phi) is 7.54. The van der Waals surface area contributed by atoms with E-state index in [9.17, 15) is 41.5 Å². The van der Waals surface area contributed by atoms with Crippen molar-refractivity contribution in [2.75, 3.05) is 25.0 Å². The molecule has 2 fully saturated rings. The number of anilines is 1. The summed E-state index contributed by atoms with van der Waals surface area (Å²) in [7, 11) is 2.86. The first kappa shape index (κ1) is 30.8. The minimum atomic E-state index is -4.80. The number of imide groups is 1. The molecule has 0 radical (unpaired) electrons. The molecule has 1 spiro atoms. The first-order chi connectivity index (χ1) is 20.6. The van der Waals surface area contributed by atoms with Crippen molar-refractivity contribution in [2.24, 2.45) is 13.0 Å². The van der Waals surface area contributed by atoms with E-state index in [0.29, 0.717) is 35.0 Å². The number of benzene rings is 2. The van der Waals surface area contributed by atoms with Gasteiger partial charge < -0.3 is 14.6 Å². The van der Waals surface area contributed by atoms with Gasteiger partial charge >= 0.3 is 18.0 Å². The zero-order chi connectivity index (χ0) is 32.3. The van der Waals surface area contributed by atoms with Gasteiger partial charge in [0.25, 0.3) is 11.8 Å². The number of oxazole rings is 1. The normalized spacial score (nSPS) is 17.7. The molecule has 2 saturated heterocycles. The van der Waals surface area contributed by atoms with Crippen molar-refractivity contribution in [3.05, 3.63) is 63.9 Å². The lowest BCUT2D eigenvalue weighted by Gasteiger charge is -2.43. The SMILES string of the molecule is CC(C)C(NC(=O)c1cc(C(F)(F)F)ccc1F)C(=O)N1CCC2(CC1)C(=O)N(C)C(=O)N2c1ccc2oc(=O)n(C)c2c1. The lowest BCUT2D eigenvalue weighted by atomic mass is 9.85. The molecule has 0 bridgehead atoms. The molecule has 1 aromatic heterocycles. The molecular formula is C29H29F4N5O6. The Balaban J connectivity index is 1.37. The fraction of sp³-hybridized carbons (Fsp3) is 0.414. The van der Waals surface area contributed by atoms with Crippen LogP contribution in [0.1, 0.15) is 42.6 Å². The van der Waals surface area contributed by atoms with Gasteiger partial charge in [-0.2, -0.15) is 13.2 Å². The van der Waals surface area contributed by atoms with Crippen LogP contribution in [-0.4, -0.2) is 69.8 Å². The van der Waals surface area contributed by atoms with Gasteiger partial charge in [0, 0.05) is 32.9 Å². The smallest absolute Gasteiger partial charge is 0.408 e. The molecule has 15 heteroatoms. The van der Waals surface area contributed by atoms with E-state index in [0.717, 1.165) is 4.90 Å². The van der Waals surface area contributed by atoms with Gasteiger partial charge in [0.05, 0.1) is 16.6 Å². The highest BCUT2D eigenvalue weighted by molar-refractivity contribution is 6.17. The summed E-state index contributed by atoms with van der Waals surface area (Å²) in [5.41, 5.74) is -2.33. The number of aromatic nitrogens is 1. The Morgan fingerprint density at radius 3 is 2.27 bits per heavy atom. The zero-order valence-electron chi connectivity index (χ0n) is 24.2. The Morgan fingerprint density at radius 2 is 1.66 bits per heavy atom. The van der Waals surface area contributed by atoms with Gasteiger partial charge in [-0.3, -0.25) is 28.8 Å². The van der Waals surface area contributed by atoms with Gasteiger partial charge in [0.1, 0.15) is 17.4 Å². The van der Waals surface area contributed by atoms with E-state index >= 15 is 0 Å². The van der Waals surface area contributed by atoms with Crippen molar-refractivity contribution in [3.8, 4) is 0 Å². The van der Waals surface area contributed by atoms with E-state index in [2.05, 4.69) is 5.32 Å². The number of carbonyl (C=O) groups is 4. The van der Waals surface area contributed by atoms with E-state index in [1.807, 2.05) is 0 Å². The van der Waals surface area contributed by atoms with Crippen LogP contribution < -0.4 is 16.0 Å². The largest absolute Gasteiger partial charge is 0.419 e. The molecule has 5 amide bonds. The van der Waals surface area contributed by atoms with Crippen molar-refractivity contribution in [2.45, 2.75) is 44.4 Å². The summed E-state index contributed by atoms with van der Waals surface area (Å²) in [6.45, 7) is 3.25. The number of likely N-dealkylation sites (N-methyl/N-ethyl adjacent to an activating group) is 1. The highest BCUT2D eigenvalue weighted by atomic mass is 19.4. The molecule has 1 atom stereocenters. The summed E-state index contributed by atoms with van der Waals surface area (Å²) < 4.78 is 60.3. The Labute approximate surface area is 248 Å². The molecule has 2 aliphatic heterocycles. The van der Waals surface area contributed by atoms with Crippen LogP contribution in [0.2, 0.25) is 0 Å². The third kappa shape index (κ3) is 4.99. The molecule has 3 heterocycles. The Morgan fingerprint density at radius 1 is 1.00 bits per heavy atom. The van der Waals surface area contributed by atoms with Crippen LogP contribution in [0, 0.1) is 11.7 Å². The fourth-order valence-corrected chi connectivity index (χ4v) is 5.78. The van der Waals surface area contributed by atoms with Crippen LogP contribution in [0.4, 0.5) is 28.0 Å². The highest BCUT2D eigenvalue weighted by Crippen LogP contribution is 2.41. The molecular weight excluding hydrogens is 590 g/mol. The van der Waals surface area contributed by atoms with Crippen LogP contribution in [0.3, 0.4) is 0 Å². The number of nitrogens with one attached hydrogen (secondary N) is 1. The number of piperidine rings is 1. The molecule has 44 heavy (non-hydrogen) atoms. The minimum absolute atomic E-state index is 0.00560. The van der Waals surface area contributed by atoms with Crippen LogP contribution in [0.5, 0.6) is 0 Å². The predicted molar refractivity (Wildman–Crippen MR) is 148 cm³/mol. The Hall–Kier alpha value is -4.69. The van der Waals surface area contributed by atoms with Crippen LogP contribution in [-0.2, 0) is 22.8 Å². The standard InChI is InChI=1S/C29H29F4N5O6/c1-15(2)22(34-23(39)18-13-16(29(31,32)33)5-7-19(18)30)24(40)37-11-9-28(10-12-37)25(41)36(4)26(42)38(28)17-6-8-21-20(14-17)35(3)27(43)44-21/h5-8,13-15,22H,9-12H2,1-4H3,(H,34,39). The van der Waals surface area contributed by atoms with E-state index in [1.165, 1.54) is 34.5 Å². The maximum absolute atomic E-state index is 14.4. The first-order valence-corrected chi connectivity index (χ1v) is 13.7. The van der Waals surface area contributed by atoms with Crippen LogP contribution in [0.15, 0.2) is 45.6 Å². The number of urea groups is 1. The lowest BCUT2D eigenvalue weighted by Crippen LogP contribution is -2.60. The van der Waals surface area contributed by atoms with Crippen molar-refractivity contribution >= 4 is 40.5 Å². The third-order valence-electron chi connectivity index (χ3n) is 8.30. The summed E-state index contributed by atoms with van der Waals surface area (Å²) in [4.78, 5) is 69.0. The second-order valence-electron chi connectivity index (χ2n) is 11.3. The van der Waals surface area contributed by atoms with Crippen molar-refractivity contribution in [1.29, 1.82) is 0 Å². The van der Waals surface area contributed by atoms with E-state index < -0.39 is 70.1 Å². The molecule has 234 valence electrons. The topological polar surface area (TPSA) is 125 Å². The second kappa shape index (κ2) is 10.8. The van der Waals surface area contributed by atoms with Gasteiger partial charge in [-0.1, -0.05) is 13.8 Å². The molecule has 0 aliphatic carbocycles. The number of nitrogens with zero attached hydrogens (tertiary/aromatic N) is 4. The molecule has 5 rings (SSSR count). The summed E-state index contributed by atoms with van der Waals surface area (Å²) >= 11 is 0. The van der Waals surface area contributed by atoms with Crippen molar-refractivity contribution < 1.29 is 41.2 Å². The van der Waals surface area contributed by atoms with Gasteiger partial charge in [-0.15, -0.1) is 0 Å². The van der Waals surface area contributed by atoms with Gasteiger partial charge in [0.2, 0.25) is 5.91 Å². The number of aryl methyl sites for hydroxylation is 1. The molecule has 11 nitrogen and oxygen atoms in total. The van der Waals surface area contributed by atoms with Gasteiger partial charge in [-0.05, 0) is 55.2 Å². The summed E-state index contributed by atoms with van der Waals surface area (Å²) in [5, 5.41) is 2.38. The number of likely N-dealkylation sites (tertiary alicyclic amines) is 1. The van der Waals surface area contributed by atoms with E-state index in [-0.39, 0.29) is 25.9 Å². The number of amides is 5. The average Bonchev–Trinajstić information content (AvgIpc) is 3.35. The molecule has 1 unspecified atom stereocenters. The number of rotatable bonds is 5. The monoisotopic (exact) mass is 619 g/mol. The summed E-state index contributed by atoms with van der Waals surface area (Å²) in [6.07, 6.45) is -4.73. The fourth-order valence-electron chi connectivity index (χ4n) is 5.78.